The molecule has 0 N–H and O–H groups in total. The summed E-state index contributed by atoms with van der Waals surface area (Å²) >= 11 is 1.53. The van der Waals surface area contributed by atoms with Crippen molar-refractivity contribution in [2.24, 2.45) is 0 Å². The van der Waals surface area contributed by atoms with Gasteiger partial charge in [0.1, 0.15) is 0 Å². The molecule has 0 amide bonds. The Morgan fingerprint density at radius 3 is 2.55 bits per heavy atom. The molecular weight excluding hydrogens is 319 g/mol. The van der Waals surface area contributed by atoms with Crippen molar-refractivity contribution in [3.8, 4) is 11.1 Å². The van der Waals surface area contributed by atoms with Gasteiger partial charge in [-0.2, -0.15) is 0 Å². The van der Waals surface area contributed by atoms with Crippen LogP contribution < -0.4 is 3.27 Å². The van der Waals surface area contributed by atoms with Crippen molar-refractivity contribution >= 4 is 8.84 Å². The van der Waals surface area contributed by atoms with Gasteiger partial charge < -0.3 is 0 Å². The standard InChI is InChI=1S/C19H15.Zr/c1-13-6-7-14(10-13)15-8-9-19-17(11-15)12-16-4-2-3-5-18(16)19;/h2-6,8-10H,7,12H2,1H3;. The van der Waals surface area contributed by atoms with Crippen LogP contribution in [0, 0.1) is 0 Å². The quantitative estimate of drug-likeness (QED) is 0.627. The molecule has 20 heavy (non-hydrogen) atoms. The Kier molecular flexibility index (Phi) is 2.93. The first-order valence-corrected chi connectivity index (χ1v) is 8.30. The molecule has 0 saturated carbocycles. The zero-order chi connectivity index (χ0) is 13.7. The SMILES string of the molecule is CC1=CCC(c2ccc3c([c]2[Zr])Cc2ccccc2-3)=C1. The molecule has 0 spiro atoms. The average molecular weight is 335 g/mol. The summed E-state index contributed by atoms with van der Waals surface area (Å²) in [5, 5.41) is 0. The molecule has 0 unspecified atom stereocenters. The molecule has 1 heteroatoms. The molecular formula is C19H15Zr. The summed E-state index contributed by atoms with van der Waals surface area (Å²) in [5.41, 5.74) is 10.3. The first kappa shape index (κ1) is 12.5. The van der Waals surface area contributed by atoms with Crippen LogP contribution in [0.15, 0.2) is 54.1 Å². The Morgan fingerprint density at radius 2 is 1.75 bits per heavy atom. The molecule has 0 aliphatic heterocycles. The fourth-order valence-corrected chi connectivity index (χ4v) is 4.48. The van der Waals surface area contributed by atoms with Gasteiger partial charge in [0.2, 0.25) is 0 Å². The average Bonchev–Trinajstić information content (AvgIpc) is 3.04. The maximum absolute atomic E-state index is 2.34. The van der Waals surface area contributed by atoms with Crippen molar-refractivity contribution in [3.05, 3.63) is 70.8 Å². The van der Waals surface area contributed by atoms with Crippen LogP contribution in [-0.2, 0) is 31.1 Å². The van der Waals surface area contributed by atoms with E-state index in [-0.39, 0.29) is 0 Å². The summed E-state index contributed by atoms with van der Waals surface area (Å²) in [4.78, 5) is 0. The molecule has 0 heterocycles. The van der Waals surface area contributed by atoms with Crippen molar-refractivity contribution < 1.29 is 24.7 Å². The van der Waals surface area contributed by atoms with Crippen LogP contribution in [0.25, 0.3) is 16.7 Å². The van der Waals surface area contributed by atoms with E-state index in [1.54, 1.807) is 8.83 Å². The summed E-state index contributed by atoms with van der Waals surface area (Å²) < 4.78 is 1.56. The molecule has 0 atom stereocenters. The molecule has 2 aliphatic carbocycles. The molecule has 95 valence electrons. The molecule has 0 aromatic heterocycles. The third kappa shape index (κ3) is 1.84. The Bertz CT molecular complexity index is 778. The summed E-state index contributed by atoms with van der Waals surface area (Å²) in [6, 6.07) is 13.5. The van der Waals surface area contributed by atoms with Crippen molar-refractivity contribution in [2.75, 3.05) is 0 Å². The first-order chi connectivity index (χ1) is 9.74. The third-order valence-corrected chi connectivity index (χ3v) is 5.78. The molecule has 2 aliphatic rings. The van der Waals surface area contributed by atoms with Crippen molar-refractivity contribution in [3.63, 3.8) is 0 Å². The Labute approximate surface area is 135 Å². The van der Waals surface area contributed by atoms with Crippen LogP contribution in [0.3, 0.4) is 0 Å². The molecule has 0 radical (unpaired) electrons. The van der Waals surface area contributed by atoms with E-state index in [2.05, 4.69) is 55.5 Å². The fourth-order valence-electron chi connectivity index (χ4n) is 3.33. The Balaban J connectivity index is 1.85. The normalized spacial score (nSPS) is 15.6. The number of fused-ring (bicyclic) bond motifs is 3. The second kappa shape index (κ2) is 4.67. The van der Waals surface area contributed by atoms with Crippen LogP contribution in [-0.4, -0.2) is 0 Å². The maximum atomic E-state index is 2.34. The van der Waals surface area contributed by atoms with Gasteiger partial charge in [-0.15, -0.1) is 0 Å². The Hall–Kier alpha value is -1.20. The van der Waals surface area contributed by atoms with E-state index in [1.165, 1.54) is 58.1 Å². The monoisotopic (exact) mass is 333 g/mol. The van der Waals surface area contributed by atoms with Gasteiger partial charge >= 0.3 is 135 Å². The van der Waals surface area contributed by atoms with Gasteiger partial charge in [0, 0.05) is 0 Å². The minimum absolute atomic E-state index is 1.10. The van der Waals surface area contributed by atoms with E-state index in [0.717, 1.165) is 12.8 Å². The number of hydrogen-bond donors (Lipinski definition) is 0. The summed E-state index contributed by atoms with van der Waals surface area (Å²) in [6.45, 7) is 2.19. The first-order valence-electron chi connectivity index (χ1n) is 7.07. The fraction of sp³-hybridized carbons (Fsp3) is 0.158. The molecule has 4 rings (SSSR count). The summed E-state index contributed by atoms with van der Waals surface area (Å²) in [7, 11) is 0. The van der Waals surface area contributed by atoms with Crippen LogP contribution in [0.4, 0.5) is 0 Å². The molecule has 0 bridgehead atoms. The van der Waals surface area contributed by atoms with E-state index in [1.807, 2.05) is 0 Å². The van der Waals surface area contributed by atoms with E-state index < -0.39 is 0 Å². The zero-order valence-corrected chi connectivity index (χ0v) is 14.0. The van der Waals surface area contributed by atoms with Crippen molar-refractivity contribution in [1.82, 2.24) is 0 Å². The van der Waals surface area contributed by atoms with Crippen molar-refractivity contribution in [2.45, 2.75) is 19.8 Å². The second-order valence-electron chi connectivity index (χ2n) is 5.67. The zero-order valence-electron chi connectivity index (χ0n) is 11.5. The summed E-state index contributed by atoms with van der Waals surface area (Å²) in [6.07, 6.45) is 6.88. The van der Waals surface area contributed by atoms with E-state index in [4.69, 9.17) is 0 Å². The molecule has 2 aromatic carbocycles. The van der Waals surface area contributed by atoms with Gasteiger partial charge in [-0.3, -0.25) is 0 Å². The predicted molar refractivity (Wildman–Crippen MR) is 80.7 cm³/mol. The van der Waals surface area contributed by atoms with Gasteiger partial charge in [0.05, 0.1) is 0 Å². The molecule has 0 fully saturated rings. The number of rotatable bonds is 1. The molecule has 0 nitrogen and oxygen atoms in total. The van der Waals surface area contributed by atoms with E-state index in [0.29, 0.717) is 0 Å². The van der Waals surface area contributed by atoms with Crippen LogP contribution in [0.1, 0.15) is 30.0 Å². The number of hydrogen-bond acceptors (Lipinski definition) is 0. The van der Waals surface area contributed by atoms with Gasteiger partial charge in [-0.1, -0.05) is 0 Å². The molecule has 0 saturated heterocycles. The second-order valence-corrected chi connectivity index (χ2v) is 6.90. The van der Waals surface area contributed by atoms with Crippen LogP contribution in [0.5, 0.6) is 0 Å². The Morgan fingerprint density at radius 1 is 0.950 bits per heavy atom. The number of allylic oxidation sites excluding steroid dienone is 4. The van der Waals surface area contributed by atoms with Gasteiger partial charge in [-0.25, -0.2) is 0 Å². The predicted octanol–water partition coefficient (Wildman–Crippen LogP) is 4.16. The minimum atomic E-state index is 1.10. The van der Waals surface area contributed by atoms with Crippen LogP contribution in [0.2, 0.25) is 0 Å². The third-order valence-electron chi connectivity index (χ3n) is 4.38. The van der Waals surface area contributed by atoms with Gasteiger partial charge in [0.25, 0.3) is 0 Å². The van der Waals surface area contributed by atoms with Crippen molar-refractivity contribution in [1.29, 1.82) is 0 Å². The summed E-state index contributed by atoms with van der Waals surface area (Å²) in [5.74, 6) is 0. The van der Waals surface area contributed by atoms with Crippen LogP contribution >= 0.6 is 0 Å². The van der Waals surface area contributed by atoms with E-state index in [9.17, 15) is 0 Å². The molecule has 2 aromatic rings. The number of benzene rings is 2. The topological polar surface area (TPSA) is 0 Å². The van der Waals surface area contributed by atoms with Gasteiger partial charge in [0.15, 0.2) is 0 Å². The van der Waals surface area contributed by atoms with Gasteiger partial charge in [-0.05, 0) is 0 Å². The van der Waals surface area contributed by atoms with E-state index >= 15 is 0 Å².